The molecule has 1 saturated carbocycles. The van der Waals surface area contributed by atoms with Crippen LogP contribution in [-0.2, 0) is 19.1 Å². The summed E-state index contributed by atoms with van der Waals surface area (Å²) in [6, 6.07) is 0. The quantitative estimate of drug-likeness (QED) is 0.108. The minimum Gasteiger partial charge on any atom is -0.465 e. The minimum absolute atomic E-state index is 0.156. The average Bonchev–Trinajstić information content (AvgIpc) is 2.87. The average molecular weight is 509 g/mol. The Balaban J connectivity index is 2.46. The zero-order valence-corrected chi connectivity index (χ0v) is 24.5. The summed E-state index contributed by atoms with van der Waals surface area (Å²) in [5.41, 5.74) is 0. The molecule has 0 radical (unpaired) electrons. The van der Waals surface area contributed by atoms with Crippen LogP contribution in [0.2, 0.25) is 0 Å². The number of carbonyl (C=O) groups excluding carboxylic acids is 2. The Kier molecular flexibility index (Phi) is 20.1. The van der Waals surface area contributed by atoms with Gasteiger partial charge in [-0.05, 0) is 43.9 Å². The molecular formula is C32H60O4. The summed E-state index contributed by atoms with van der Waals surface area (Å²) >= 11 is 0. The molecule has 1 rings (SSSR count). The summed E-state index contributed by atoms with van der Waals surface area (Å²) < 4.78 is 11.5. The van der Waals surface area contributed by atoms with Crippen LogP contribution in [0.5, 0.6) is 0 Å². The lowest BCUT2D eigenvalue weighted by Gasteiger charge is -2.39. The number of ether oxygens (including phenoxy) is 2. The van der Waals surface area contributed by atoms with Gasteiger partial charge in [0, 0.05) is 0 Å². The Morgan fingerprint density at radius 3 is 1.42 bits per heavy atom. The van der Waals surface area contributed by atoms with Gasteiger partial charge in [-0.2, -0.15) is 0 Å². The molecule has 0 aromatic carbocycles. The van der Waals surface area contributed by atoms with Crippen molar-refractivity contribution >= 4 is 11.9 Å². The number of rotatable bonds is 22. The normalized spacial score (nSPS) is 21.9. The van der Waals surface area contributed by atoms with E-state index in [1.807, 2.05) is 0 Å². The van der Waals surface area contributed by atoms with E-state index in [-0.39, 0.29) is 35.6 Å². The molecule has 0 aromatic heterocycles. The molecule has 4 nitrogen and oxygen atoms in total. The summed E-state index contributed by atoms with van der Waals surface area (Å²) in [4.78, 5) is 26.4. The molecular weight excluding hydrogens is 448 g/mol. The van der Waals surface area contributed by atoms with Gasteiger partial charge in [0.15, 0.2) is 0 Å². The molecule has 212 valence electrons. The highest BCUT2D eigenvalue weighted by molar-refractivity contribution is 5.83. The van der Waals surface area contributed by atoms with Crippen molar-refractivity contribution in [2.24, 2.45) is 23.7 Å². The first kappa shape index (κ1) is 33.0. The molecule has 0 bridgehead atoms. The second-order valence-electron chi connectivity index (χ2n) is 11.4. The van der Waals surface area contributed by atoms with Gasteiger partial charge >= 0.3 is 11.9 Å². The van der Waals surface area contributed by atoms with Gasteiger partial charge in [0.25, 0.3) is 0 Å². The predicted octanol–water partition coefficient (Wildman–Crippen LogP) is 9.43. The Hall–Kier alpha value is -1.06. The van der Waals surface area contributed by atoms with E-state index in [1.54, 1.807) is 0 Å². The summed E-state index contributed by atoms with van der Waals surface area (Å²) in [5.74, 6) is -0.607. The highest BCUT2D eigenvalue weighted by atomic mass is 16.5. The second-order valence-corrected chi connectivity index (χ2v) is 11.4. The van der Waals surface area contributed by atoms with Gasteiger partial charge in [-0.25, -0.2) is 0 Å². The molecule has 0 saturated heterocycles. The van der Waals surface area contributed by atoms with Crippen LogP contribution in [-0.4, -0.2) is 25.2 Å². The van der Waals surface area contributed by atoms with Crippen LogP contribution in [0.15, 0.2) is 0 Å². The van der Waals surface area contributed by atoms with Crippen molar-refractivity contribution < 1.29 is 19.1 Å². The lowest BCUT2D eigenvalue weighted by molar-refractivity contribution is -0.169. The van der Waals surface area contributed by atoms with E-state index in [0.29, 0.717) is 13.2 Å². The number of hydrogen-bond acceptors (Lipinski definition) is 4. The molecule has 4 atom stereocenters. The van der Waals surface area contributed by atoms with Crippen molar-refractivity contribution in [2.75, 3.05) is 13.2 Å². The zero-order chi connectivity index (χ0) is 26.4. The molecule has 1 aliphatic rings. The van der Waals surface area contributed by atoms with Crippen LogP contribution < -0.4 is 0 Å². The third kappa shape index (κ3) is 14.0. The number of hydrogen-bond donors (Lipinski definition) is 0. The summed E-state index contributed by atoms with van der Waals surface area (Å²) in [7, 11) is 0. The third-order valence-electron chi connectivity index (χ3n) is 8.19. The van der Waals surface area contributed by atoms with Gasteiger partial charge in [0.2, 0.25) is 0 Å². The number of unbranched alkanes of at least 4 members (excludes halogenated alkanes) is 14. The molecule has 0 heterocycles. The fourth-order valence-corrected chi connectivity index (χ4v) is 5.91. The maximum Gasteiger partial charge on any atom is 0.310 e. The molecule has 4 heteroatoms. The van der Waals surface area contributed by atoms with Crippen molar-refractivity contribution in [1.82, 2.24) is 0 Å². The first-order chi connectivity index (χ1) is 17.6. The lowest BCUT2D eigenvalue weighted by Crippen LogP contribution is -2.44. The van der Waals surface area contributed by atoms with Crippen molar-refractivity contribution in [1.29, 1.82) is 0 Å². The van der Waals surface area contributed by atoms with Crippen LogP contribution in [0.3, 0.4) is 0 Å². The molecule has 0 amide bonds. The summed E-state index contributed by atoms with van der Waals surface area (Å²) in [5, 5.41) is 0. The van der Waals surface area contributed by atoms with Crippen molar-refractivity contribution in [3.05, 3.63) is 0 Å². The monoisotopic (exact) mass is 508 g/mol. The maximum atomic E-state index is 13.2. The molecule has 0 aromatic rings. The first-order valence-corrected chi connectivity index (χ1v) is 15.9. The van der Waals surface area contributed by atoms with E-state index in [0.717, 1.165) is 51.4 Å². The molecule has 36 heavy (non-hydrogen) atoms. The van der Waals surface area contributed by atoms with Gasteiger partial charge in [0.05, 0.1) is 25.0 Å². The maximum absolute atomic E-state index is 13.2. The highest BCUT2D eigenvalue weighted by Crippen LogP contribution is 2.42. The molecule has 1 fully saturated rings. The smallest absolute Gasteiger partial charge is 0.310 e. The minimum atomic E-state index is -0.351. The fraction of sp³-hybridized carbons (Fsp3) is 0.938. The molecule has 0 spiro atoms. The first-order valence-electron chi connectivity index (χ1n) is 15.9. The standard InChI is InChI=1S/C32H60O4/c1-5-8-10-12-14-16-18-20-25-35-31(33)29-27(4)23-24-28(22-7-3)30(29)32(34)36-26-21-19-17-15-13-11-9-6-2/h27-30H,5-26H2,1-4H3. The van der Waals surface area contributed by atoms with Crippen molar-refractivity contribution in [3.63, 3.8) is 0 Å². The third-order valence-corrected chi connectivity index (χ3v) is 8.19. The van der Waals surface area contributed by atoms with E-state index in [4.69, 9.17) is 9.47 Å². The lowest BCUT2D eigenvalue weighted by atomic mass is 9.66. The molecule has 0 N–H and O–H groups in total. The second kappa shape index (κ2) is 22.0. The Morgan fingerprint density at radius 1 is 0.556 bits per heavy atom. The van der Waals surface area contributed by atoms with E-state index < -0.39 is 0 Å². The fourth-order valence-electron chi connectivity index (χ4n) is 5.91. The van der Waals surface area contributed by atoms with Gasteiger partial charge in [-0.3, -0.25) is 9.59 Å². The van der Waals surface area contributed by atoms with Crippen LogP contribution in [0.4, 0.5) is 0 Å². The highest BCUT2D eigenvalue weighted by Gasteiger charge is 2.46. The van der Waals surface area contributed by atoms with Crippen LogP contribution >= 0.6 is 0 Å². The largest absolute Gasteiger partial charge is 0.465 e. The number of esters is 2. The molecule has 4 unspecified atom stereocenters. The van der Waals surface area contributed by atoms with E-state index >= 15 is 0 Å². The van der Waals surface area contributed by atoms with Crippen molar-refractivity contribution in [2.45, 2.75) is 156 Å². The summed E-state index contributed by atoms with van der Waals surface area (Å²) in [6.45, 7) is 9.73. The van der Waals surface area contributed by atoms with Gasteiger partial charge in [0.1, 0.15) is 0 Å². The summed E-state index contributed by atoms with van der Waals surface area (Å²) in [6.07, 6.45) is 23.6. The number of carbonyl (C=O) groups is 2. The Bertz CT molecular complexity index is 546. The topological polar surface area (TPSA) is 52.6 Å². The van der Waals surface area contributed by atoms with E-state index in [2.05, 4.69) is 27.7 Å². The van der Waals surface area contributed by atoms with Crippen LogP contribution in [0, 0.1) is 23.7 Å². The van der Waals surface area contributed by atoms with E-state index in [9.17, 15) is 9.59 Å². The van der Waals surface area contributed by atoms with Gasteiger partial charge in [-0.1, -0.05) is 124 Å². The van der Waals surface area contributed by atoms with Gasteiger partial charge in [-0.15, -0.1) is 0 Å². The van der Waals surface area contributed by atoms with Crippen molar-refractivity contribution in [3.8, 4) is 0 Å². The predicted molar refractivity (Wildman–Crippen MR) is 151 cm³/mol. The van der Waals surface area contributed by atoms with E-state index in [1.165, 1.54) is 77.0 Å². The molecule has 0 aliphatic heterocycles. The van der Waals surface area contributed by atoms with Crippen LogP contribution in [0.25, 0.3) is 0 Å². The molecule has 1 aliphatic carbocycles. The SMILES string of the molecule is CCCCCCCCCCOC(=O)C1C(C)CCC(CCC)C1C(=O)OCCCCCCCCCC. The Morgan fingerprint density at radius 2 is 0.972 bits per heavy atom. The Labute approximate surface area is 224 Å². The van der Waals surface area contributed by atoms with Gasteiger partial charge < -0.3 is 9.47 Å². The van der Waals surface area contributed by atoms with Crippen LogP contribution in [0.1, 0.15) is 156 Å². The zero-order valence-electron chi connectivity index (χ0n) is 24.5.